The molecule has 0 atom stereocenters. The van der Waals surface area contributed by atoms with Crippen molar-refractivity contribution in [2.45, 2.75) is 19.6 Å². The summed E-state index contributed by atoms with van der Waals surface area (Å²) in [6.45, 7) is 4.76. The van der Waals surface area contributed by atoms with E-state index < -0.39 is 11.6 Å². The third-order valence-corrected chi connectivity index (χ3v) is 4.85. The van der Waals surface area contributed by atoms with Gasteiger partial charge in [-0.25, -0.2) is 13.8 Å². The molecule has 1 aromatic carbocycles. The van der Waals surface area contributed by atoms with E-state index in [1.165, 1.54) is 6.07 Å². The Morgan fingerprint density at radius 1 is 1.12 bits per heavy atom. The second kappa shape index (κ2) is 7.13. The summed E-state index contributed by atoms with van der Waals surface area (Å²) >= 11 is 0. The fourth-order valence-corrected chi connectivity index (χ4v) is 3.44. The van der Waals surface area contributed by atoms with Gasteiger partial charge in [0.1, 0.15) is 11.5 Å². The molecule has 0 saturated carbocycles. The zero-order chi connectivity index (χ0) is 18.1. The Morgan fingerprint density at radius 2 is 1.92 bits per heavy atom. The van der Waals surface area contributed by atoms with Crippen molar-refractivity contribution in [2.24, 2.45) is 0 Å². The van der Waals surface area contributed by atoms with Crippen LogP contribution in [0.4, 0.5) is 8.78 Å². The van der Waals surface area contributed by atoms with Gasteiger partial charge in [0, 0.05) is 32.7 Å². The summed E-state index contributed by atoms with van der Waals surface area (Å²) in [7, 11) is 0. The predicted molar refractivity (Wildman–Crippen MR) is 89.4 cm³/mol. The van der Waals surface area contributed by atoms with Crippen LogP contribution >= 0.6 is 0 Å². The zero-order valence-electron chi connectivity index (χ0n) is 14.3. The van der Waals surface area contributed by atoms with Gasteiger partial charge in [0.05, 0.1) is 26.0 Å². The maximum absolute atomic E-state index is 13.4. The SMILES string of the molecule is O=C(c1cnc2n1CCN(Cc1ccc(F)c(F)c1)C2)N1CCOCC1. The van der Waals surface area contributed by atoms with Crippen molar-refractivity contribution in [1.29, 1.82) is 0 Å². The highest BCUT2D eigenvalue weighted by molar-refractivity contribution is 5.92. The lowest BCUT2D eigenvalue weighted by Crippen LogP contribution is -2.42. The smallest absolute Gasteiger partial charge is 0.272 e. The van der Waals surface area contributed by atoms with Crippen LogP contribution in [0.3, 0.4) is 0 Å². The molecular formula is C18H20F2N4O2. The summed E-state index contributed by atoms with van der Waals surface area (Å²) < 4.78 is 33.7. The fraction of sp³-hybridized carbons (Fsp3) is 0.444. The van der Waals surface area contributed by atoms with Gasteiger partial charge >= 0.3 is 0 Å². The Labute approximate surface area is 150 Å². The molecule has 6 nitrogen and oxygen atoms in total. The standard InChI is InChI=1S/C18H20F2N4O2/c19-14-2-1-13(9-15(14)20)11-22-3-4-24-16(10-21-17(24)12-22)18(25)23-5-7-26-8-6-23/h1-2,9-10H,3-8,11-12H2. The van der Waals surface area contributed by atoms with Crippen LogP contribution in [0, 0.1) is 11.6 Å². The van der Waals surface area contributed by atoms with Crippen molar-refractivity contribution < 1.29 is 18.3 Å². The molecule has 0 bridgehead atoms. The minimum atomic E-state index is -0.839. The molecule has 2 aromatic rings. The number of hydrogen-bond donors (Lipinski definition) is 0. The van der Waals surface area contributed by atoms with E-state index in [1.54, 1.807) is 17.2 Å². The molecule has 1 amide bonds. The summed E-state index contributed by atoms with van der Waals surface area (Å²) in [5, 5.41) is 0. The van der Waals surface area contributed by atoms with Crippen molar-refractivity contribution in [3.8, 4) is 0 Å². The van der Waals surface area contributed by atoms with Crippen molar-refractivity contribution in [2.75, 3.05) is 32.8 Å². The topological polar surface area (TPSA) is 50.6 Å². The lowest BCUT2D eigenvalue weighted by atomic mass is 10.2. The fourth-order valence-electron chi connectivity index (χ4n) is 3.44. The van der Waals surface area contributed by atoms with Gasteiger partial charge in [-0.3, -0.25) is 9.69 Å². The highest BCUT2D eigenvalue weighted by Crippen LogP contribution is 2.19. The van der Waals surface area contributed by atoms with E-state index in [0.29, 0.717) is 63.7 Å². The van der Waals surface area contributed by atoms with Crippen LogP contribution in [0.25, 0.3) is 0 Å². The number of carbonyl (C=O) groups is 1. The van der Waals surface area contributed by atoms with Gasteiger partial charge in [0.15, 0.2) is 11.6 Å². The largest absolute Gasteiger partial charge is 0.378 e. The Balaban J connectivity index is 1.45. The molecule has 4 rings (SSSR count). The van der Waals surface area contributed by atoms with E-state index in [9.17, 15) is 13.6 Å². The number of halogens is 2. The van der Waals surface area contributed by atoms with Gasteiger partial charge in [-0.15, -0.1) is 0 Å². The number of nitrogens with zero attached hydrogens (tertiary/aromatic N) is 4. The van der Waals surface area contributed by atoms with Crippen LogP contribution in [-0.2, 0) is 24.4 Å². The van der Waals surface area contributed by atoms with Crippen molar-refractivity contribution in [3.05, 3.63) is 53.1 Å². The molecule has 2 aliphatic heterocycles. The van der Waals surface area contributed by atoms with Crippen molar-refractivity contribution in [1.82, 2.24) is 19.4 Å². The quantitative estimate of drug-likeness (QED) is 0.833. The van der Waals surface area contributed by atoms with E-state index in [2.05, 4.69) is 9.88 Å². The number of benzene rings is 1. The molecule has 0 radical (unpaired) electrons. The molecule has 26 heavy (non-hydrogen) atoms. The number of aromatic nitrogens is 2. The molecule has 138 valence electrons. The summed E-state index contributed by atoms with van der Waals surface area (Å²) in [4.78, 5) is 21.0. The van der Waals surface area contributed by atoms with Crippen LogP contribution in [-0.4, -0.2) is 58.1 Å². The second-order valence-corrected chi connectivity index (χ2v) is 6.57. The molecule has 0 spiro atoms. The average Bonchev–Trinajstić information content (AvgIpc) is 3.08. The molecule has 1 aromatic heterocycles. The summed E-state index contributed by atoms with van der Waals surface area (Å²) in [5.74, 6) is -0.870. The molecule has 1 saturated heterocycles. The first-order valence-electron chi connectivity index (χ1n) is 8.69. The van der Waals surface area contributed by atoms with Crippen molar-refractivity contribution >= 4 is 5.91 Å². The molecular weight excluding hydrogens is 342 g/mol. The predicted octanol–water partition coefficient (Wildman–Crippen LogP) is 1.65. The minimum absolute atomic E-state index is 0.0129. The number of carbonyl (C=O) groups excluding carboxylic acids is 1. The van der Waals surface area contributed by atoms with Gasteiger partial charge in [-0.2, -0.15) is 0 Å². The number of imidazole rings is 1. The highest BCUT2D eigenvalue weighted by atomic mass is 19.2. The Kier molecular flexibility index (Phi) is 4.69. The number of hydrogen-bond acceptors (Lipinski definition) is 4. The van der Waals surface area contributed by atoms with Gasteiger partial charge in [0.25, 0.3) is 5.91 Å². The molecule has 1 fully saturated rings. The molecule has 0 unspecified atom stereocenters. The van der Waals surface area contributed by atoms with Gasteiger partial charge in [0.2, 0.25) is 0 Å². The Hall–Kier alpha value is -2.32. The van der Waals surface area contributed by atoms with E-state index >= 15 is 0 Å². The third kappa shape index (κ3) is 3.34. The summed E-state index contributed by atoms with van der Waals surface area (Å²) in [5.41, 5.74) is 1.32. The minimum Gasteiger partial charge on any atom is -0.378 e. The van der Waals surface area contributed by atoms with E-state index in [0.717, 1.165) is 11.9 Å². The van der Waals surface area contributed by atoms with Crippen LogP contribution in [0.15, 0.2) is 24.4 Å². The molecule has 0 N–H and O–H groups in total. The summed E-state index contributed by atoms with van der Waals surface area (Å²) in [6, 6.07) is 3.96. The summed E-state index contributed by atoms with van der Waals surface area (Å²) in [6.07, 6.45) is 1.63. The maximum Gasteiger partial charge on any atom is 0.272 e. The maximum atomic E-state index is 13.4. The van der Waals surface area contributed by atoms with Crippen LogP contribution in [0.5, 0.6) is 0 Å². The molecule has 2 aliphatic rings. The Morgan fingerprint density at radius 3 is 2.69 bits per heavy atom. The van der Waals surface area contributed by atoms with Crippen LogP contribution < -0.4 is 0 Å². The van der Waals surface area contributed by atoms with Crippen LogP contribution in [0.1, 0.15) is 21.9 Å². The number of amides is 1. The lowest BCUT2D eigenvalue weighted by Gasteiger charge is -2.30. The molecule has 8 heteroatoms. The zero-order valence-corrected chi connectivity index (χ0v) is 14.3. The first kappa shape index (κ1) is 17.1. The van der Waals surface area contributed by atoms with Gasteiger partial charge < -0.3 is 14.2 Å². The lowest BCUT2D eigenvalue weighted by molar-refractivity contribution is 0.0294. The first-order valence-corrected chi connectivity index (χ1v) is 8.69. The second-order valence-electron chi connectivity index (χ2n) is 6.57. The monoisotopic (exact) mass is 362 g/mol. The molecule has 3 heterocycles. The Bertz CT molecular complexity index is 818. The number of rotatable bonds is 3. The number of ether oxygens (including phenoxy) is 1. The van der Waals surface area contributed by atoms with Crippen LogP contribution in [0.2, 0.25) is 0 Å². The first-order chi connectivity index (χ1) is 12.6. The van der Waals surface area contributed by atoms with E-state index in [4.69, 9.17) is 4.74 Å². The van der Waals surface area contributed by atoms with E-state index in [-0.39, 0.29) is 5.91 Å². The third-order valence-electron chi connectivity index (χ3n) is 4.85. The number of fused-ring (bicyclic) bond motifs is 1. The normalized spacial score (nSPS) is 18.0. The van der Waals surface area contributed by atoms with Crippen molar-refractivity contribution in [3.63, 3.8) is 0 Å². The number of morpholine rings is 1. The molecule has 0 aliphatic carbocycles. The average molecular weight is 362 g/mol. The van der Waals surface area contributed by atoms with Gasteiger partial charge in [-0.05, 0) is 17.7 Å². The highest BCUT2D eigenvalue weighted by Gasteiger charge is 2.26. The van der Waals surface area contributed by atoms with Gasteiger partial charge in [-0.1, -0.05) is 6.07 Å². The van der Waals surface area contributed by atoms with E-state index in [1.807, 2.05) is 4.57 Å².